The second-order valence-electron chi connectivity index (χ2n) is 9.48. The second-order valence-corrected chi connectivity index (χ2v) is 13.7. The summed E-state index contributed by atoms with van der Waals surface area (Å²) >= 11 is 10.8. The molecule has 0 aliphatic carbocycles. The average molecular weight is 767 g/mol. The van der Waals surface area contributed by atoms with Gasteiger partial charge >= 0.3 is 17.1 Å². The first kappa shape index (κ1) is 37.9. The van der Waals surface area contributed by atoms with E-state index in [1.165, 1.54) is 22.8 Å². The molecule has 1 radical (unpaired) electrons. The SMILES string of the molecule is CNC([S-])=NN=C(C(C)=NN=C([S-])NC[P+](c1ccccc1)(c1ccccc1)c1ccccc1)c1ccc(C(C)=O)cc1.[Br-].[Cu+2]. The standard InChI is InChI=1S/C33H33N6OPS2.BrH.Cu/c1-24(31(37-38-32(42)34-3)27-21-19-26(20-22-27)25(2)40)36-39-33(43)35-23-41(28-13-7-4-8-14-28,29-15-9-5-10-16-29)30-17-11-6-12-18-30;;/h4-22H,23H2,1-3H3,(H3-,34,35,36,37,38,39,40,42,43);1H;/q;;+2/p-2. The molecular formula is C33H32BrCuN6OPS2. The van der Waals surface area contributed by atoms with Crippen molar-refractivity contribution >= 4 is 76.0 Å². The molecule has 235 valence electrons. The van der Waals surface area contributed by atoms with Crippen LogP contribution in [0.2, 0.25) is 0 Å². The third kappa shape index (κ3) is 9.84. The van der Waals surface area contributed by atoms with Gasteiger partial charge in [-0.15, -0.1) is 5.10 Å². The van der Waals surface area contributed by atoms with Gasteiger partial charge in [0.05, 0.1) is 5.71 Å². The van der Waals surface area contributed by atoms with Crippen LogP contribution in [0.25, 0.3) is 0 Å². The van der Waals surface area contributed by atoms with E-state index in [0.717, 1.165) is 0 Å². The normalized spacial score (nSPS) is 12.4. The molecule has 4 rings (SSSR count). The van der Waals surface area contributed by atoms with Gasteiger partial charge < -0.3 is 52.9 Å². The summed E-state index contributed by atoms with van der Waals surface area (Å²) in [7, 11) is -0.482. The van der Waals surface area contributed by atoms with Gasteiger partial charge in [0.1, 0.15) is 35.2 Å². The Morgan fingerprint density at radius 2 is 1.07 bits per heavy atom. The monoisotopic (exact) mass is 765 g/mol. The van der Waals surface area contributed by atoms with E-state index in [-0.39, 0.29) is 50.2 Å². The fraction of sp³-hybridized carbons (Fsp3) is 0.121. The Morgan fingerprint density at radius 1 is 0.644 bits per heavy atom. The zero-order valence-corrected chi connectivity index (χ0v) is 29.9. The maximum Gasteiger partial charge on any atom is 2.00 e. The number of ketones is 1. The number of rotatable bonds is 10. The molecule has 0 aromatic heterocycles. The molecule has 0 atom stereocenters. The Balaban J connectivity index is 0.00000353. The van der Waals surface area contributed by atoms with Crippen LogP contribution in [0.15, 0.2) is 136 Å². The summed E-state index contributed by atoms with van der Waals surface area (Å²) in [5, 5.41) is 27.5. The fourth-order valence-corrected chi connectivity index (χ4v) is 8.64. The largest absolute Gasteiger partial charge is 2.00 e. The summed E-state index contributed by atoms with van der Waals surface area (Å²) < 4.78 is 0. The van der Waals surface area contributed by atoms with Crippen LogP contribution in [0.4, 0.5) is 0 Å². The van der Waals surface area contributed by atoms with Crippen molar-refractivity contribution < 1.29 is 38.8 Å². The number of Topliss-reactive ketones (excluding diaryl/α,β-unsaturated/α-hetero) is 1. The van der Waals surface area contributed by atoms with Crippen molar-refractivity contribution in [2.75, 3.05) is 13.3 Å². The zero-order chi connectivity index (χ0) is 30.7. The van der Waals surface area contributed by atoms with Crippen LogP contribution in [-0.2, 0) is 42.3 Å². The van der Waals surface area contributed by atoms with E-state index in [2.05, 4.69) is 104 Å². The summed E-state index contributed by atoms with van der Waals surface area (Å²) in [6, 6.07) is 38.6. The summed E-state index contributed by atoms with van der Waals surface area (Å²) in [4.78, 5) is 11.8. The van der Waals surface area contributed by atoms with E-state index in [1.54, 1.807) is 38.2 Å². The molecule has 4 aromatic rings. The Labute approximate surface area is 297 Å². The summed E-state index contributed by atoms with van der Waals surface area (Å²) in [5.74, 6) is -0.0247. The molecule has 0 fully saturated rings. The molecule has 0 unspecified atom stereocenters. The number of nitrogens with one attached hydrogen (secondary N) is 2. The van der Waals surface area contributed by atoms with Crippen molar-refractivity contribution in [2.24, 2.45) is 20.4 Å². The molecule has 12 heteroatoms. The molecule has 45 heavy (non-hydrogen) atoms. The quantitative estimate of drug-likeness (QED) is 0.0487. The third-order valence-electron chi connectivity index (χ3n) is 6.71. The third-order valence-corrected chi connectivity index (χ3v) is 11.4. The fourth-order valence-electron chi connectivity index (χ4n) is 4.51. The van der Waals surface area contributed by atoms with Crippen LogP contribution in [-0.4, -0.2) is 40.9 Å². The summed E-state index contributed by atoms with van der Waals surface area (Å²) in [6.45, 7) is 3.30. The Hall–Kier alpha value is -3.30. The first-order valence-electron chi connectivity index (χ1n) is 13.6. The molecule has 0 saturated carbocycles. The van der Waals surface area contributed by atoms with E-state index in [9.17, 15) is 4.79 Å². The van der Waals surface area contributed by atoms with Gasteiger partial charge in [-0.3, -0.25) is 4.79 Å². The van der Waals surface area contributed by atoms with Gasteiger partial charge in [0.2, 0.25) is 0 Å². The van der Waals surface area contributed by atoms with Crippen molar-refractivity contribution in [3.8, 4) is 0 Å². The number of hydrogen-bond donors (Lipinski definition) is 2. The number of benzene rings is 4. The van der Waals surface area contributed by atoms with E-state index in [4.69, 9.17) is 25.3 Å². The summed E-state index contributed by atoms with van der Waals surface area (Å²) in [6.07, 6.45) is 0.557. The molecule has 7 nitrogen and oxygen atoms in total. The second kappa shape index (κ2) is 18.6. The maximum atomic E-state index is 11.8. The number of hydrogen-bond acceptors (Lipinski definition) is 7. The Bertz CT molecular complexity index is 1560. The number of carbonyl (C=O) groups excluding carboxylic acids is 1. The van der Waals surface area contributed by atoms with Gasteiger partial charge in [0.25, 0.3) is 0 Å². The minimum atomic E-state index is -2.15. The van der Waals surface area contributed by atoms with Crippen LogP contribution in [0.5, 0.6) is 0 Å². The van der Waals surface area contributed by atoms with Crippen LogP contribution in [0, 0.1) is 0 Å². The van der Waals surface area contributed by atoms with E-state index in [1.807, 2.05) is 18.2 Å². The van der Waals surface area contributed by atoms with Crippen molar-refractivity contribution in [2.45, 2.75) is 13.8 Å². The van der Waals surface area contributed by atoms with Gasteiger partial charge in [-0.25, -0.2) is 0 Å². The van der Waals surface area contributed by atoms with Crippen LogP contribution in [0.1, 0.15) is 29.8 Å². The summed E-state index contributed by atoms with van der Waals surface area (Å²) in [5.41, 5.74) is 2.25. The van der Waals surface area contributed by atoms with Crippen molar-refractivity contribution in [3.63, 3.8) is 0 Å². The predicted octanol–water partition coefficient (Wildman–Crippen LogP) is 1.54. The molecule has 0 spiro atoms. The number of nitrogens with zero attached hydrogens (tertiary/aromatic N) is 4. The van der Waals surface area contributed by atoms with Crippen molar-refractivity contribution in [3.05, 3.63) is 126 Å². The van der Waals surface area contributed by atoms with E-state index >= 15 is 0 Å². The predicted molar refractivity (Wildman–Crippen MR) is 188 cm³/mol. The van der Waals surface area contributed by atoms with Gasteiger partial charge in [0, 0.05) is 23.3 Å². The van der Waals surface area contributed by atoms with Crippen molar-refractivity contribution in [1.29, 1.82) is 0 Å². The zero-order valence-electron chi connectivity index (χ0n) is 24.8. The minimum Gasteiger partial charge on any atom is -1.00 e. The molecule has 2 N–H and O–H groups in total. The van der Waals surface area contributed by atoms with E-state index < -0.39 is 7.26 Å². The molecular weight excluding hydrogens is 735 g/mol. The van der Waals surface area contributed by atoms with Crippen LogP contribution in [0.3, 0.4) is 0 Å². The number of carbonyl (C=O) groups is 1. The Morgan fingerprint density at radius 3 is 1.49 bits per heavy atom. The molecule has 0 aliphatic heterocycles. The molecule has 4 aromatic carbocycles. The molecule has 0 heterocycles. The van der Waals surface area contributed by atoms with Crippen LogP contribution >= 0.6 is 7.26 Å². The topological polar surface area (TPSA) is 90.6 Å². The van der Waals surface area contributed by atoms with Crippen molar-refractivity contribution in [1.82, 2.24) is 10.6 Å². The first-order chi connectivity index (χ1) is 20.8. The average Bonchev–Trinajstić information content (AvgIpc) is 3.05. The van der Waals surface area contributed by atoms with Gasteiger partial charge in [0.15, 0.2) is 5.78 Å². The van der Waals surface area contributed by atoms with Crippen LogP contribution < -0.4 is 43.5 Å². The number of amidine groups is 2. The first-order valence-corrected chi connectivity index (χ1v) is 16.3. The van der Waals surface area contributed by atoms with Gasteiger partial charge in [-0.1, -0.05) is 78.9 Å². The molecule has 0 saturated heterocycles. The van der Waals surface area contributed by atoms with E-state index in [0.29, 0.717) is 28.8 Å². The van der Waals surface area contributed by atoms with Gasteiger partial charge in [-0.2, -0.15) is 15.3 Å². The minimum absolute atomic E-state index is 0. The smallest absolute Gasteiger partial charge is 1.00 e. The maximum absolute atomic E-state index is 11.8. The van der Waals surface area contributed by atoms with Gasteiger partial charge in [-0.05, 0) is 55.4 Å². The molecule has 0 aliphatic rings. The number of halogens is 1. The molecule has 0 bridgehead atoms. The Kier molecular flexibility index (Phi) is 15.7. The molecule has 0 amide bonds.